The van der Waals surface area contributed by atoms with Crippen molar-refractivity contribution in [2.45, 2.75) is 45.4 Å². The Morgan fingerprint density at radius 1 is 0.607 bits per heavy atom. The van der Waals surface area contributed by atoms with Crippen LogP contribution in [0.15, 0.2) is 231 Å². The molecule has 0 aliphatic heterocycles. The zero-order valence-corrected chi connectivity index (χ0v) is 35.8. The third-order valence-corrected chi connectivity index (χ3v) is 12.2. The fourth-order valence-electron chi connectivity index (χ4n) is 8.66. The SMILES string of the molecule is C=C/C=C\C=C/Cc1cc(N(c2ccc(C3=CCC(C)C=C3)cc2)c2ccc3c(c2)C(C)(C)/C(=C/C=C\C=C)C3)ccc1-c1ccc(-c2ccc(-c3ccccc3)cc2)cc1. The molecule has 61 heavy (non-hydrogen) atoms. The summed E-state index contributed by atoms with van der Waals surface area (Å²) >= 11 is 0. The van der Waals surface area contributed by atoms with Gasteiger partial charge in [-0.1, -0.05) is 216 Å². The van der Waals surface area contributed by atoms with E-state index in [9.17, 15) is 0 Å². The van der Waals surface area contributed by atoms with Crippen LogP contribution in [-0.4, -0.2) is 0 Å². The van der Waals surface area contributed by atoms with Gasteiger partial charge in [-0.2, -0.15) is 0 Å². The molecule has 6 aromatic carbocycles. The second-order valence-corrected chi connectivity index (χ2v) is 16.7. The van der Waals surface area contributed by atoms with Gasteiger partial charge in [-0.3, -0.25) is 0 Å². The molecule has 0 amide bonds. The lowest BCUT2D eigenvalue weighted by molar-refractivity contribution is 0.644. The highest BCUT2D eigenvalue weighted by Crippen LogP contribution is 2.46. The third kappa shape index (κ3) is 9.13. The van der Waals surface area contributed by atoms with Gasteiger partial charge in [0.25, 0.3) is 0 Å². The van der Waals surface area contributed by atoms with Crippen molar-refractivity contribution >= 4 is 22.6 Å². The van der Waals surface area contributed by atoms with Gasteiger partial charge < -0.3 is 4.90 Å². The molecule has 6 aromatic rings. The van der Waals surface area contributed by atoms with Gasteiger partial charge in [-0.15, -0.1) is 0 Å². The Bertz CT molecular complexity index is 2690. The fourth-order valence-corrected chi connectivity index (χ4v) is 8.66. The molecule has 2 aliphatic carbocycles. The molecule has 0 spiro atoms. The van der Waals surface area contributed by atoms with Crippen molar-refractivity contribution in [3.8, 4) is 33.4 Å². The highest BCUT2D eigenvalue weighted by Gasteiger charge is 2.35. The van der Waals surface area contributed by atoms with Crippen molar-refractivity contribution < 1.29 is 0 Å². The maximum absolute atomic E-state index is 3.87. The summed E-state index contributed by atoms with van der Waals surface area (Å²) in [6.07, 6.45) is 28.2. The number of benzene rings is 6. The predicted octanol–water partition coefficient (Wildman–Crippen LogP) is 16.5. The number of rotatable bonds is 13. The molecule has 1 atom stereocenters. The second kappa shape index (κ2) is 18.5. The number of fused-ring (bicyclic) bond motifs is 1. The molecule has 0 bridgehead atoms. The zero-order valence-electron chi connectivity index (χ0n) is 35.8. The van der Waals surface area contributed by atoms with E-state index in [1.807, 2.05) is 30.4 Å². The molecule has 2 aliphatic rings. The minimum absolute atomic E-state index is 0.0990. The van der Waals surface area contributed by atoms with Crippen LogP contribution in [0.2, 0.25) is 0 Å². The van der Waals surface area contributed by atoms with Crippen molar-refractivity contribution in [2.75, 3.05) is 4.90 Å². The quantitative estimate of drug-likeness (QED) is 0.105. The Morgan fingerprint density at radius 2 is 1.20 bits per heavy atom. The van der Waals surface area contributed by atoms with Gasteiger partial charge in [-0.25, -0.2) is 0 Å². The first-order valence-corrected chi connectivity index (χ1v) is 21.6. The van der Waals surface area contributed by atoms with E-state index in [0.717, 1.165) is 36.3 Å². The van der Waals surface area contributed by atoms with Gasteiger partial charge in [0.2, 0.25) is 0 Å². The summed E-state index contributed by atoms with van der Waals surface area (Å²) in [7, 11) is 0. The van der Waals surface area contributed by atoms with Crippen LogP contribution in [0.1, 0.15) is 49.4 Å². The first kappa shape index (κ1) is 40.8. The van der Waals surface area contributed by atoms with Crippen molar-refractivity contribution in [2.24, 2.45) is 5.92 Å². The highest BCUT2D eigenvalue weighted by molar-refractivity contribution is 5.83. The van der Waals surface area contributed by atoms with Crippen LogP contribution in [0, 0.1) is 5.92 Å². The number of hydrogen-bond donors (Lipinski definition) is 0. The first-order chi connectivity index (χ1) is 29.8. The third-order valence-electron chi connectivity index (χ3n) is 12.2. The van der Waals surface area contributed by atoms with Crippen molar-refractivity contribution in [1.82, 2.24) is 0 Å². The van der Waals surface area contributed by atoms with E-state index in [1.54, 1.807) is 0 Å². The molecule has 300 valence electrons. The van der Waals surface area contributed by atoms with Crippen LogP contribution in [-0.2, 0) is 18.3 Å². The lowest BCUT2D eigenvalue weighted by Gasteiger charge is -2.29. The summed E-state index contributed by atoms with van der Waals surface area (Å²) in [4.78, 5) is 2.43. The Balaban J connectivity index is 1.18. The molecular formula is C60H55N. The Hall–Kier alpha value is -6.96. The normalized spacial score (nSPS) is 16.3. The van der Waals surface area contributed by atoms with Gasteiger partial charge in [0, 0.05) is 22.5 Å². The van der Waals surface area contributed by atoms with E-state index < -0.39 is 0 Å². The minimum Gasteiger partial charge on any atom is -0.310 e. The zero-order chi connectivity index (χ0) is 42.2. The molecule has 1 nitrogen and oxygen atoms in total. The van der Waals surface area contributed by atoms with Crippen LogP contribution < -0.4 is 4.90 Å². The Kier molecular flexibility index (Phi) is 12.4. The van der Waals surface area contributed by atoms with Crippen molar-refractivity contribution in [3.63, 3.8) is 0 Å². The van der Waals surface area contributed by atoms with E-state index >= 15 is 0 Å². The van der Waals surface area contributed by atoms with Crippen molar-refractivity contribution in [3.05, 3.63) is 253 Å². The van der Waals surface area contributed by atoms with Gasteiger partial charge >= 0.3 is 0 Å². The lowest BCUT2D eigenvalue weighted by Crippen LogP contribution is -2.17. The number of anilines is 3. The molecule has 0 saturated carbocycles. The fraction of sp³-hybridized carbons (Fsp3) is 0.133. The van der Waals surface area contributed by atoms with E-state index in [2.05, 4.69) is 221 Å². The first-order valence-electron chi connectivity index (χ1n) is 21.6. The van der Waals surface area contributed by atoms with Crippen LogP contribution in [0.3, 0.4) is 0 Å². The summed E-state index contributed by atoms with van der Waals surface area (Å²) in [6.45, 7) is 14.7. The molecule has 0 heterocycles. The summed E-state index contributed by atoms with van der Waals surface area (Å²) in [6, 6.07) is 51.6. The molecule has 0 aromatic heterocycles. The number of nitrogens with zero attached hydrogens (tertiary/aromatic N) is 1. The average molecular weight is 790 g/mol. The van der Waals surface area contributed by atoms with Gasteiger partial charge in [0.1, 0.15) is 0 Å². The molecule has 1 heteroatoms. The summed E-state index contributed by atoms with van der Waals surface area (Å²) < 4.78 is 0. The smallest absolute Gasteiger partial charge is 0.0464 e. The van der Waals surface area contributed by atoms with E-state index in [4.69, 9.17) is 0 Å². The van der Waals surface area contributed by atoms with E-state index in [-0.39, 0.29) is 5.41 Å². The monoisotopic (exact) mass is 789 g/mol. The average Bonchev–Trinajstić information content (AvgIpc) is 3.55. The predicted molar refractivity (Wildman–Crippen MR) is 265 cm³/mol. The maximum atomic E-state index is 3.87. The summed E-state index contributed by atoms with van der Waals surface area (Å²) in [5, 5.41) is 0. The molecule has 8 rings (SSSR count). The highest BCUT2D eigenvalue weighted by atomic mass is 15.1. The van der Waals surface area contributed by atoms with E-state index in [1.165, 1.54) is 66.8 Å². The number of hydrogen-bond acceptors (Lipinski definition) is 1. The van der Waals surface area contributed by atoms with Crippen molar-refractivity contribution in [1.29, 1.82) is 0 Å². The molecule has 0 saturated heterocycles. The van der Waals surface area contributed by atoms with Gasteiger partial charge in [0.15, 0.2) is 0 Å². The molecule has 0 N–H and O–H groups in total. The molecule has 1 unspecified atom stereocenters. The minimum atomic E-state index is -0.0990. The largest absolute Gasteiger partial charge is 0.310 e. The molecule has 0 radical (unpaired) electrons. The molecule has 0 fully saturated rings. The van der Waals surface area contributed by atoms with Crippen LogP contribution in [0.25, 0.3) is 39.0 Å². The van der Waals surface area contributed by atoms with Gasteiger partial charge in [0.05, 0.1) is 0 Å². The topological polar surface area (TPSA) is 3.24 Å². The summed E-state index contributed by atoms with van der Waals surface area (Å²) in [5.41, 5.74) is 18.6. The Labute approximate surface area is 364 Å². The van der Waals surface area contributed by atoms with Crippen LogP contribution in [0.4, 0.5) is 17.1 Å². The van der Waals surface area contributed by atoms with Crippen LogP contribution in [0.5, 0.6) is 0 Å². The molecular weight excluding hydrogens is 735 g/mol. The lowest BCUT2D eigenvalue weighted by atomic mass is 9.82. The van der Waals surface area contributed by atoms with Gasteiger partial charge in [-0.05, 0) is 123 Å². The van der Waals surface area contributed by atoms with E-state index in [0.29, 0.717) is 5.92 Å². The standard InChI is InChI=1S/C60H55N/c1-6-8-10-11-14-19-52-42-56(39-40-58(52)51-31-29-49(30-32-51)48-27-25-47(26-28-48)45-17-15-12-16-18-45)61(55-36-33-50(34-37-55)46-23-21-44(3)22-24-46)57-38-35-53-41-54(20-13-9-7-2)60(4,5)59(53)43-57/h6-18,20-21,23-40,42-44H,1-2,19,22,41H2,3-5H3/b10-8-,13-9-,14-11-,54-20+. The number of allylic oxidation sites excluding steroid dienone is 14. The van der Waals surface area contributed by atoms with Crippen LogP contribution >= 0.6 is 0 Å². The Morgan fingerprint density at radius 3 is 1.85 bits per heavy atom. The second-order valence-electron chi connectivity index (χ2n) is 16.7. The summed E-state index contributed by atoms with van der Waals surface area (Å²) in [5.74, 6) is 0.580. The maximum Gasteiger partial charge on any atom is 0.0464 e.